The average molecular weight is 1080 g/mol. The Labute approximate surface area is 449 Å². The van der Waals surface area contributed by atoms with E-state index in [1.807, 2.05) is 34.0 Å². The van der Waals surface area contributed by atoms with Crippen molar-refractivity contribution in [3.63, 3.8) is 0 Å². The Hall–Kier alpha value is -3.91. The number of unbranched alkanes of at least 4 members (excludes halogenated alkanes) is 12. The summed E-state index contributed by atoms with van der Waals surface area (Å²) in [4.78, 5) is 19.1. The highest BCUT2D eigenvalue weighted by atomic mass is 79.9. The number of halogens is 1. The largest absolute Gasteiger partial charge is 0.297 e. The third kappa shape index (κ3) is 9.38. The lowest BCUT2D eigenvalue weighted by Crippen LogP contribution is -2.29. The lowest BCUT2D eigenvalue weighted by Gasteiger charge is -2.34. The van der Waals surface area contributed by atoms with E-state index in [1.165, 1.54) is 202 Å². The Morgan fingerprint density at radius 2 is 0.718 bits per heavy atom. The molecule has 2 aliphatic rings. The molecule has 4 aromatic carbocycles. The molecule has 8 aromatic rings. The van der Waals surface area contributed by atoms with Gasteiger partial charge in [-0.2, -0.15) is 0 Å². The number of hydrogen-bond donors (Lipinski definition) is 0. The molecule has 10 rings (SSSR count). The maximum absolute atomic E-state index is 12.9. The molecule has 0 saturated carbocycles. The van der Waals surface area contributed by atoms with Gasteiger partial charge in [0.25, 0.3) is 0 Å². The van der Waals surface area contributed by atoms with Crippen LogP contribution in [0.5, 0.6) is 0 Å². The van der Waals surface area contributed by atoms with Crippen LogP contribution < -0.4 is 0 Å². The zero-order valence-electron chi connectivity index (χ0n) is 42.5. The Bertz CT molecular complexity index is 2940. The Balaban J connectivity index is 1.20. The molecular weight excluding hydrogens is 1000 g/mol. The molecule has 1 nitrogen and oxygen atoms in total. The maximum atomic E-state index is 12.9. The van der Waals surface area contributed by atoms with E-state index in [1.54, 1.807) is 11.3 Å². The van der Waals surface area contributed by atoms with Crippen LogP contribution >= 0.6 is 61.3 Å². The van der Waals surface area contributed by atoms with Gasteiger partial charge in [0.15, 0.2) is 6.29 Å². The summed E-state index contributed by atoms with van der Waals surface area (Å²) >= 11 is 11.7. The molecule has 71 heavy (non-hydrogen) atoms. The van der Waals surface area contributed by atoms with Crippen LogP contribution in [0.2, 0.25) is 0 Å². The van der Waals surface area contributed by atoms with Crippen molar-refractivity contribution < 1.29 is 4.79 Å². The molecule has 0 amide bonds. The van der Waals surface area contributed by atoms with Crippen molar-refractivity contribution in [3.05, 3.63) is 185 Å². The van der Waals surface area contributed by atoms with Gasteiger partial charge in [-0.1, -0.05) is 202 Å². The smallest absolute Gasteiger partial charge is 0.160 e. The van der Waals surface area contributed by atoms with Crippen LogP contribution in [0.1, 0.15) is 207 Å². The van der Waals surface area contributed by atoms with E-state index in [2.05, 4.69) is 153 Å². The maximum Gasteiger partial charge on any atom is 0.160 e. The fraction of sp³-hybridized carbons (Fsp3) is 0.400. The summed E-state index contributed by atoms with van der Waals surface area (Å²) in [7, 11) is 0. The van der Waals surface area contributed by atoms with Crippen LogP contribution in [0.4, 0.5) is 0 Å². The van der Waals surface area contributed by atoms with Crippen LogP contribution in [0.15, 0.2) is 113 Å². The summed E-state index contributed by atoms with van der Waals surface area (Å²) in [6, 6.07) is 43.8. The zero-order valence-corrected chi connectivity index (χ0v) is 47.4. The lowest BCUT2D eigenvalue weighted by molar-refractivity contribution is 0.112. The number of hydrogen-bond acceptors (Lipinski definition) is 5. The molecule has 368 valence electrons. The summed E-state index contributed by atoms with van der Waals surface area (Å²) in [6.07, 6.45) is 25.7. The molecule has 0 fully saturated rings. The van der Waals surface area contributed by atoms with Crippen molar-refractivity contribution >= 4 is 77.0 Å². The Morgan fingerprint density at radius 3 is 1.04 bits per heavy atom. The number of aldehydes is 1. The minimum Gasteiger partial charge on any atom is -0.297 e. The Morgan fingerprint density at radius 1 is 0.394 bits per heavy atom. The molecule has 0 unspecified atom stereocenters. The first-order chi connectivity index (χ1) is 34.9. The predicted molar refractivity (Wildman–Crippen MR) is 315 cm³/mol. The molecule has 0 spiro atoms. The van der Waals surface area contributed by atoms with E-state index < -0.39 is 10.8 Å². The van der Waals surface area contributed by atoms with E-state index in [4.69, 9.17) is 0 Å². The molecule has 2 aliphatic carbocycles. The van der Waals surface area contributed by atoms with Crippen molar-refractivity contribution in [2.75, 3.05) is 0 Å². The van der Waals surface area contributed by atoms with Gasteiger partial charge >= 0.3 is 0 Å². The second kappa shape index (κ2) is 22.7. The van der Waals surface area contributed by atoms with Gasteiger partial charge < -0.3 is 0 Å². The third-order valence-electron chi connectivity index (χ3n) is 15.9. The monoisotopic (exact) mass is 1070 g/mol. The van der Waals surface area contributed by atoms with E-state index in [0.717, 1.165) is 36.8 Å². The SMILES string of the molecule is CCCCCCc1ccc(C2(c3ccc(CCCCCC)cc3)c3cc(Br)sc3-c3sc4c5c(sc4c32)-c2sc(C=O)cc2C5(c2ccc(CCCCCC)cc2)c2ccc(CCCCCC)cc2)cc1. The van der Waals surface area contributed by atoms with Crippen molar-refractivity contribution in [1.29, 1.82) is 0 Å². The van der Waals surface area contributed by atoms with Crippen LogP contribution in [-0.4, -0.2) is 6.29 Å². The van der Waals surface area contributed by atoms with Crippen molar-refractivity contribution in [2.45, 2.75) is 167 Å². The number of carbonyl (C=O) groups is 1. The first kappa shape index (κ1) is 50.6. The van der Waals surface area contributed by atoms with Gasteiger partial charge in [0.05, 0.1) is 48.4 Å². The van der Waals surface area contributed by atoms with Crippen LogP contribution in [0, 0.1) is 0 Å². The minimum atomic E-state index is -0.582. The molecule has 0 bridgehead atoms. The predicted octanol–water partition coefficient (Wildman–Crippen LogP) is 20.9. The van der Waals surface area contributed by atoms with Crippen LogP contribution in [-0.2, 0) is 36.5 Å². The molecule has 4 aromatic heterocycles. The fourth-order valence-electron chi connectivity index (χ4n) is 12.2. The van der Waals surface area contributed by atoms with Crippen molar-refractivity contribution in [2.24, 2.45) is 0 Å². The molecule has 6 heteroatoms. The summed E-state index contributed by atoms with van der Waals surface area (Å²) in [5, 5.41) is 0. The van der Waals surface area contributed by atoms with E-state index in [-0.39, 0.29) is 0 Å². The Kier molecular flexibility index (Phi) is 16.2. The third-order valence-corrected chi connectivity index (χ3v) is 21.5. The summed E-state index contributed by atoms with van der Waals surface area (Å²) < 4.78 is 3.98. The standard InChI is InChI=1S/C65H71BrOS4/c1-5-9-13-17-21-44-25-33-48(34-26-44)64(49-35-27-45(28-36-49)22-18-14-10-6-2)53-41-52(43-67)68-58(53)60-56(64)62-63(70-60)57-61(71-62)59-54(42-55(66)69-59)65(57,50-37-29-46(30-38-50)23-19-15-11-7-3)51-39-31-47(32-40-51)24-20-16-12-8-4/h25-43H,5-24H2,1-4H3. The topological polar surface area (TPSA) is 17.1 Å². The second-order valence-corrected chi connectivity index (χ2v) is 26.2. The van der Waals surface area contributed by atoms with Crippen molar-refractivity contribution in [1.82, 2.24) is 0 Å². The van der Waals surface area contributed by atoms with E-state index >= 15 is 0 Å². The number of fused-ring (bicyclic) bond motifs is 9. The molecule has 0 saturated heterocycles. The molecule has 0 N–H and O–H groups in total. The number of thiophene rings is 4. The summed E-state index contributed by atoms with van der Waals surface area (Å²) in [6.45, 7) is 9.18. The summed E-state index contributed by atoms with van der Waals surface area (Å²) in [5.41, 5.74) is 15.4. The lowest BCUT2D eigenvalue weighted by atomic mass is 9.67. The number of benzene rings is 4. The highest BCUT2D eigenvalue weighted by molar-refractivity contribution is 9.11. The van der Waals surface area contributed by atoms with Gasteiger partial charge in [0.1, 0.15) is 0 Å². The average Bonchev–Trinajstić information content (AvgIpc) is 4.24. The quantitative estimate of drug-likeness (QED) is 0.0412. The van der Waals surface area contributed by atoms with Gasteiger partial charge in [0.2, 0.25) is 0 Å². The van der Waals surface area contributed by atoms with E-state index in [0.29, 0.717) is 0 Å². The molecular formula is C65H71BrOS4. The van der Waals surface area contributed by atoms with Gasteiger partial charge in [-0.15, -0.1) is 45.3 Å². The molecule has 4 heterocycles. The van der Waals surface area contributed by atoms with Gasteiger partial charge in [-0.3, -0.25) is 4.79 Å². The first-order valence-electron chi connectivity index (χ1n) is 27.3. The number of aryl methyl sites for hydroxylation is 4. The molecule has 0 aliphatic heterocycles. The second-order valence-electron chi connectivity index (χ2n) is 20.6. The first-order valence-corrected chi connectivity index (χ1v) is 31.3. The minimum absolute atomic E-state index is 0.501. The summed E-state index contributed by atoms with van der Waals surface area (Å²) in [5.74, 6) is 0. The zero-order chi connectivity index (χ0) is 49.0. The van der Waals surface area contributed by atoms with Crippen LogP contribution in [0.3, 0.4) is 0 Å². The van der Waals surface area contributed by atoms with Gasteiger partial charge in [0, 0.05) is 11.1 Å². The normalized spacial score (nSPS) is 14.0. The highest BCUT2D eigenvalue weighted by Crippen LogP contribution is 2.70. The van der Waals surface area contributed by atoms with Crippen LogP contribution in [0.25, 0.3) is 28.9 Å². The van der Waals surface area contributed by atoms with Gasteiger partial charge in [-0.05, 0) is 135 Å². The highest BCUT2D eigenvalue weighted by Gasteiger charge is 2.55. The molecule has 0 radical (unpaired) electrons. The van der Waals surface area contributed by atoms with Crippen molar-refractivity contribution in [3.8, 4) is 19.5 Å². The fourth-order valence-corrected chi connectivity index (χ4v) is 18.3. The number of carbonyl (C=O) groups excluding carboxylic acids is 1. The number of rotatable bonds is 25. The van der Waals surface area contributed by atoms with E-state index in [9.17, 15) is 4.79 Å². The molecule has 0 atom stereocenters. The van der Waals surface area contributed by atoms with Gasteiger partial charge in [-0.25, -0.2) is 0 Å².